The number of fused-ring (bicyclic) bond motifs is 5. The minimum atomic E-state index is -0.150. The maximum absolute atomic E-state index is 13.1. The van der Waals surface area contributed by atoms with Gasteiger partial charge >= 0.3 is 0 Å². The van der Waals surface area contributed by atoms with Gasteiger partial charge < -0.3 is 10.0 Å². The molecular formula is C29H41NO2. The van der Waals surface area contributed by atoms with Gasteiger partial charge in [-0.15, -0.1) is 0 Å². The van der Waals surface area contributed by atoms with Crippen LogP contribution in [0.1, 0.15) is 77.2 Å². The average molecular weight is 436 g/mol. The van der Waals surface area contributed by atoms with Crippen LogP contribution in [0.4, 0.5) is 5.69 Å². The number of aliphatic hydroxyl groups is 1. The van der Waals surface area contributed by atoms with Gasteiger partial charge in [-0.05, 0) is 104 Å². The Bertz CT molecular complexity index is 918. The van der Waals surface area contributed by atoms with E-state index in [4.69, 9.17) is 0 Å². The molecule has 4 aliphatic carbocycles. The zero-order valence-corrected chi connectivity index (χ0v) is 20.6. The number of nitrogens with zero attached hydrogens (tertiary/aromatic N) is 1. The Balaban J connectivity index is 1.49. The van der Waals surface area contributed by atoms with E-state index in [1.807, 2.05) is 6.92 Å². The van der Waals surface area contributed by atoms with Gasteiger partial charge in [0.2, 0.25) is 0 Å². The number of aliphatic hydroxyl groups excluding tert-OH is 1. The molecule has 174 valence electrons. The summed E-state index contributed by atoms with van der Waals surface area (Å²) in [5.74, 6) is 2.83. The molecule has 0 saturated heterocycles. The monoisotopic (exact) mass is 435 g/mol. The van der Waals surface area contributed by atoms with Crippen LogP contribution in [0.15, 0.2) is 35.9 Å². The van der Waals surface area contributed by atoms with Crippen molar-refractivity contribution in [3.05, 3.63) is 41.5 Å². The number of anilines is 1. The van der Waals surface area contributed by atoms with E-state index in [1.165, 1.54) is 29.7 Å². The number of hydrogen-bond acceptors (Lipinski definition) is 3. The molecule has 8 atom stereocenters. The van der Waals surface area contributed by atoms with Crippen molar-refractivity contribution in [1.82, 2.24) is 0 Å². The third-order valence-corrected chi connectivity index (χ3v) is 10.4. The molecule has 3 nitrogen and oxygen atoms in total. The quantitative estimate of drug-likeness (QED) is 0.594. The van der Waals surface area contributed by atoms with E-state index in [0.29, 0.717) is 29.5 Å². The van der Waals surface area contributed by atoms with Crippen molar-refractivity contribution in [3.8, 4) is 0 Å². The third-order valence-electron chi connectivity index (χ3n) is 10.4. The predicted octanol–water partition coefficient (Wildman–Crippen LogP) is 5.98. The van der Waals surface area contributed by atoms with Gasteiger partial charge in [-0.1, -0.05) is 37.6 Å². The maximum atomic E-state index is 13.1. The topological polar surface area (TPSA) is 40.5 Å². The van der Waals surface area contributed by atoms with E-state index in [9.17, 15) is 9.90 Å². The molecule has 0 aromatic heterocycles. The van der Waals surface area contributed by atoms with Gasteiger partial charge in [0.25, 0.3) is 0 Å². The van der Waals surface area contributed by atoms with Gasteiger partial charge in [0.05, 0.1) is 6.10 Å². The molecule has 0 spiro atoms. The van der Waals surface area contributed by atoms with E-state index in [1.54, 1.807) is 0 Å². The molecule has 1 N–H and O–H groups in total. The third kappa shape index (κ3) is 3.22. The second-order valence-corrected chi connectivity index (χ2v) is 12.1. The van der Waals surface area contributed by atoms with Crippen molar-refractivity contribution in [1.29, 1.82) is 0 Å². The molecule has 3 heteroatoms. The van der Waals surface area contributed by atoms with Crippen LogP contribution in [-0.4, -0.2) is 31.1 Å². The zero-order chi connectivity index (χ0) is 22.8. The number of allylic oxidation sites excluding steroid dienone is 1. The van der Waals surface area contributed by atoms with Crippen LogP contribution < -0.4 is 4.90 Å². The predicted molar refractivity (Wildman–Crippen MR) is 131 cm³/mol. The number of hydrogen-bond donors (Lipinski definition) is 1. The lowest BCUT2D eigenvalue weighted by Crippen LogP contribution is -2.51. The summed E-state index contributed by atoms with van der Waals surface area (Å²) in [6, 6.07) is 8.97. The molecule has 5 rings (SSSR count). The van der Waals surface area contributed by atoms with E-state index in [0.717, 1.165) is 32.1 Å². The van der Waals surface area contributed by atoms with E-state index >= 15 is 0 Å². The Hall–Kier alpha value is -1.61. The van der Waals surface area contributed by atoms with Crippen LogP contribution in [0.25, 0.3) is 0 Å². The zero-order valence-electron chi connectivity index (χ0n) is 20.6. The Labute approximate surface area is 194 Å². The summed E-state index contributed by atoms with van der Waals surface area (Å²) >= 11 is 0. The molecule has 3 fully saturated rings. The van der Waals surface area contributed by atoms with Crippen LogP contribution in [0, 0.1) is 34.5 Å². The number of carbonyl (C=O) groups excluding carboxylic acids is 1. The lowest BCUT2D eigenvalue weighted by atomic mass is 9.47. The summed E-state index contributed by atoms with van der Waals surface area (Å²) in [5.41, 5.74) is 4.45. The van der Waals surface area contributed by atoms with Crippen molar-refractivity contribution >= 4 is 11.5 Å². The second-order valence-electron chi connectivity index (χ2n) is 12.1. The molecule has 1 aromatic carbocycles. The molecule has 0 bridgehead atoms. The van der Waals surface area contributed by atoms with Gasteiger partial charge in [0, 0.05) is 25.7 Å². The van der Waals surface area contributed by atoms with Crippen molar-refractivity contribution in [2.45, 2.75) is 77.7 Å². The summed E-state index contributed by atoms with van der Waals surface area (Å²) in [4.78, 5) is 15.2. The van der Waals surface area contributed by atoms with E-state index in [2.05, 4.69) is 63.2 Å². The highest BCUT2D eigenvalue weighted by molar-refractivity contribution is 5.81. The average Bonchev–Trinajstić information content (AvgIpc) is 3.07. The first-order valence-corrected chi connectivity index (χ1v) is 12.8. The highest BCUT2D eigenvalue weighted by Gasteiger charge is 2.62. The van der Waals surface area contributed by atoms with Crippen molar-refractivity contribution in [2.24, 2.45) is 34.5 Å². The second kappa shape index (κ2) is 7.72. The lowest BCUT2D eigenvalue weighted by molar-refractivity contribution is -0.128. The normalized spacial score (nSPS) is 43.0. The summed E-state index contributed by atoms with van der Waals surface area (Å²) in [6.07, 6.45) is 9.97. The largest absolute Gasteiger partial charge is 0.393 e. The first-order chi connectivity index (χ1) is 15.1. The first-order valence-electron chi connectivity index (χ1n) is 12.8. The Morgan fingerprint density at radius 1 is 1.06 bits per heavy atom. The number of Topliss-reactive ketones (excluding diaryl/α,β-unsaturated/α-hetero) is 1. The van der Waals surface area contributed by atoms with Crippen molar-refractivity contribution in [3.63, 3.8) is 0 Å². The summed E-state index contributed by atoms with van der Waals surface area (Å²) in [7, 11) is 4.16. The number of carbonyl (C=O) groups is 1. The van der Waals surface area contributed by atoms with Crippen molar-refractivity contribution in [2.75, 3.05) is 19.0 Å². The fourth-order valence-corrected chi connectivity index (χ4v) is 8.78. The van der Waals surface area contributed by atoms with Gasteiger partial charge in [-0.25, -0.2) is 0 Å². The van der Waals surface area contributed by atoms with Crippen molar-refractivity contribution < 1.29 is 9.90 Å². The molecule has 0 unspecified atom stereocenters. The highest BCUT2D eigenvalue weighted by atomic mass is 16.3. The van der Waals surface area contributed by atoms with E-state index in [-0.39, 0.29) is 22.9 Å². The molecule has 0 aliphatic heterocycles. The van der Waals surface area contributed by atoms with Gasteiger partial charge in [0.15, 0.2) is 0 Å². The summed E-state index contributed by atoms with van der Waals surface area (Å²) < 4.78 is 0. The number of rotatable bonds is 3. The van der Waals surface area contributed by atoms with E-state index < -0.39 is 0 Å². The Kier molecular flexibility index (Phi) is 5.36. The lowest BCUT2D eigenvalue weighted by Gasteiger charge is -2.57. The fraction of sp³-hybridized carbons (Fsp3) is 0.690. The molecular weight excluding hydrogens is 394 g/mol. The standard InChI is InChI=1S/C29H41NO2/c1-18(31)27-24(19-6-9-21(10-7-19)30(4)5)17-26-23-11-8-20-16-22(32)12-14-28(20,2)25(23)13-15-29(26,27)3/h6-10,22-27,32H,11-17H2,1-5H3/t22-,23-,24-,25+,26-,27+,28-,29-/m0/s1. The summed E-state index contributed by atoms with van der Waals surface area (Å²) in [6.45, 7) is 6.77. The van der Waals surface area contributed by atoms with Crippen LogP contribution in [0.5, 0.6) is 0 Å². The minimum Gasteiger partial charge on any atom is -0.393 e. The smallest absolute Gasteiger partial charge is 0.134 e. The SMILES string of the molecule is CC(=O)[C@@H]1[C@H](c2ccc(N(C)C)cc2)C[C@H]2[C@H]3CC=C4C[C@@H](O)CC[C@]4(C)[C@@H]3CC[C@]12C. The fourth-order valence-electron chi connectivity index (χ4n) is 8.78. The molecule has 0 amide bonds. The highest BCUT2D eigenvalue weighted by Crippen LogP contribution is 2.68. The Morgan fingerprint density at radius 3 is 2.44 bits per heavy atom. The molecule has 32 heavy (non-hydrogen) atoms. The van der Waals surface area contributed by atoms with Crippen LogP contribution in [-0.2, 0) is 4.79 Å². The number of ketones is 1. The Morgan fingerprint density at radius 2 is 1.78 bits per heavy atom. The number of benzene rings is 1. The molecule has 3 saturated carbocycles. The van der Waals surface area contributed by atoms with Crippen LogP contribution in [0.2, 0.25) is 0 Å². The van der Waals surface area contributed by atoms with Crippen LogP contribution in [0.3, 0.4) is 0 Å². The first kappa shape index (κ1) is 22.2. The molecule has 0 heterocycles. The minimum absolute atomic E-state index is 0.105. The van der Waals surface area contributed by atoms with Gasteiger partial charge in [-0.2, -0.15) is 0 Å². The van der Waals surface area contributed by atoms with Gasteiger partial charge in [0.1, 0.15) is 5.78 Å². The maximum Gasteiger partial charge on any atom is 0.134 e. The molecule has 4 aliphatic rings. The molecule has 0 radical (unpaired) electrons. The van der Waals surface area contributed by atoms with Gasteiger partial charge in [-0.3, -0.25) is 4.79 Å². The van der Waals surface area contributed by atoms with Crippen LogP contribution >= 0.6 is 0 Å². The molecule has 1 aromatic rings. The summed E-state index contributed by atoms with van der Waals surface area (Å²) in [5, 5.41) is 10.3.